The maximum absolute atomic E-state index is 11.7. The zero-order valence-electron chi connectivity index (χ0n) is 10.4. The Hall–Kier alpha value is -0.610. The van der Waals surface area contributed by atoms with E-state index in [9.17, 15) is 4.79 Å². The van der Waals surface area contributed by atoms with Crippen LogP contribution in [0.1, 0.15) is 38.5 Å². The fourth-order valence-electron chi connectivity index (χ4n) is 3.03. The van der Waals surface area contributed by atoms with E-state index in [1.807, 2.05) is 0 Å². The van der Waals surface area contributed by atoms with Crippen LogP contribution in [0.2, 0.25) is 0 Å². The summed E-state index contributed by atoms with van der Waals surface area (Å²) < 4.78 is 5.10. The summed E-state index contributed by atoms with van der Waals surface area (Å²) in [6, 6.07) is 1.34. The lowest BCUT2D eigenvalue weighted by Gasteiger charge is -2.38. The molecule has 17 heavy (non-hydrogen) atoms. The van der Waals surface area contributed by atoms with Crippen LogP contribution in [-0.2, 0) is 9.53 Å². The van der Waals surface area contributed by atoms with Gasteiger partial charge in [-0.05, 0) is 32.2 Å². The second-order valence-corrected chi connectivity index (χ2v) is 5.54. The van der Waals surface area contributed by atoms with Crippen LogP contribution in [0.5, 0.6) is 0 Å². The first-order valence-electron chi connectivity index (χ1n) is 7.00. The van der Waals surface area contributed by atoms with Crippen LogP contribution in [0.3, 0.4) is 0 Å². The van der Waals surface area contributed by atoms with E-state index in [-0.39, 0.29) is 12.0 Å². The number of hydrogen-bond acceptors (Lipinski definition) is 4. The van der Waals surface area contributed by atoms with Crippen LogP contribution in [0.25, 0.3) is 0 Å². The number of likely N-dealkylation sites (tertiary alicyclic amines) is 1. The van der Waals surface area contributed by atoms with Gasteiger partial charge in [-0.15, -0.1) is 0 Å². The Bertz CT molecular complexity index is 291. The Kier molecular flexibility index (Phi) is 3.34. The second kappa shape index (κ2) is 4.94. The molecule has 3 rings (SSSR count). The molecular weight excluding hydrogens is 216 g/mol. The molecule has 0 amide bonds. The molecule has 96 valence electrons. The third-order valence-corrected chi connectivity index (χ3v) is 4.20. The number of carbonyl (C=O) groups is 1. The Morgan fingerprint density at radius 1 is 1.24 bits per heavy atom. The van der Waals surface area contributed by atoms with Crippen molar-refractivity contribution < 1.29 is 9.53 Å². The zero-order chi connectivity index (χ0) is 11.7. The van der Waals surface area contributed by atoms with Crippen molar-refractivity contribution in [2.24, 2.45) is 0 Å². The first-order chi connectivity index (χ1) is 8.34. The number of piperidine rings is 1. The number of nitrogens with one attached hydrogen (secondary N) is 1. The molecule has 0 spiro atoms. The SMILES string of the molecule is O=C1OCCC1N1CCCCC1CNC1CC1. The highest BCUT2D eigenvalue weighted by atomic mass is 16.5. The van der Waals surface area contributed by atoms with Gasteiger partial charge in [0.05, 0.1) is 6.61 Å². The van der Waals surface area contributed by atoms with Crippen LogP contribution in [-0.4, -0.2) is 48.7 Å². The number of esters is 1. The van der Waals surface area contributed by atoms with E-state index < -0.39 is 0 Å². The van der Waals surface area contributed by atoms with Gasteiger partial charge in [0.1, 0.15) is 6.04 Å². The fraction of sp³-hybridized carbons (Fsp3) is 0.923. The number of rotatable bonds is 4. The van der Waals surface area contributed by atoms with Crippen LogP contribution in [0.15, 0.2) is 0 Å². The Balaban J connectivity index is 1.59. The molecule has 0 aromatic heterocycles. The average molecular weight is 238 g/mol. The smallest absolute Gasteiger partial charge is 0.323 e. The van der Waals surface area contributed by atoms with Crippen molar-refractivity contribution in [1.82, 2.24) is 10.2 Å². The summed E-state index contributed by atoms with van der Waals surface area (Å²) in [5, 5.41) is 3.60. The highest BCUT2D eigenvalue weighted by molar-refractivity contribution is 5.77. The summed E-state index contributed by atoms with van der Waals surface area (Å²) >= 11 is 0. The van der Waals surface area contributed by atoms with Crippen molar-refractivity contribution >= 4 is 5.97 Å². The second-order valence-electron chi connectivity index (χ2n) is 5.54. The third kappa shape index (κ3) is 2.63. The first-order valence-corrected chi connectivity index (χ1v) is 7.00. The number of hydrogen-bond donors (Lipinski definition) is 1. The molecule has 0 aromatic rings. The Morgan fingerprint density at radius 2 is 2.12 bits per heavy atom. The van der Waals surface area contributed by atoms with Crippen molar-refractivity contribution in [1.29, 1.82) is 0 Å². The molecule has 3 aliphatic rings. The van der Waals surface area contributed by atoms with E-state index in [0.717, 1.165) is 25.6 Å². The lowest BCUT2D eigenvalue weighted by Crippen LogP contribution is -2.52. The molecule has 1 N–H and O–H groups in total. The third-order valence-electron chi connectivity index (χ3n) is 4.20. The minimum absolute atomic E-state index is 0.00308. The molecule has 3 fully saturated rings. The average Bonchev–Trinajstić information content (AvgIpc) is 3.09. The molecule has 1 aliphatic carbocycles. The topological polar surface area (TPSA) is 41.6 Å². The molecule has 2 aliphatic heterocycles. The van der Waals surface area contributed by atoms with Crippen molar-refractivity contribution in [3.63, 3.8) is 0 Å². The monoisotopic (exact) mass is 238 g/mol. The number of ether oxygens (including phenoxy) is 1. The predicted octanol–water partition coefficient (Wildman–Crippen LogP) is 0.908. The van der Waals surface area contributed by atoms with E-state index in [1.54, 1.807) is 0 Å². The van der Waals surface area contributed by atoms with Gasteiger partial charge in [0.25, 0.3) is 0 Å². The number of cyclic esters (lactones) is 1. The van der Waals surface area contributed by atoms with E-state index >= 15 is 0 Å². The molecule has 2 atom stereocenters. The maximum Gasteiger partial charge on any atom is 0.323 e. The fourth-order valence-corrected chi connectivity index (χ4v) is 3.03. The standard InChI is InChI=1S/C13H22N2O2/c16-13-12(6-8-17-13)15-7-2-1-3-11(15)9-14-10-4-5-10/h10-12,14H,1-9H2. The number of nitrogens with zero attached hydrogens (tertiary/aromatic N) is 1. The van der Waals surface area contributed by atoms with Gasteiger partial charge in [-0.1, -0.05) is 6.42 Å². The first kappa shape index (κ1) is 11.5. The molecule has 0 radical (unpaired) electrons. The van der Waals surface area contributed by atoms with Gasteiger partial charge in [0.2, 0.25) is 0 Å². The molecule has 2 heterocycles. The van der Waals surface area contributed by atoms with Crippen molar-refractivity contribution in [3.05, 3.63) is 0 Å². The zero-order valence-corrected chi connectivity index (χ0v) is 10.4. The largest absolute Gasteiger partial charge is 0.464 e. The normalized spacial score (nSPS) is 34.9. The molecule has 0 bridgehead atoms. The van der Waals surface area contributed by atoms with E-state index in [4.69, 9.17) is 4.74 Å². The lowest BCUT2D eigenvalue weighted by molar-refractivity contribution is -0.143. The molecule has 2 unspecified atom stereocenters. The van der Waals surface area contributed by atoms with E-state index in [1.165, 1.54) is 32.1 Å². The minimum atomic E-state index is 0.00308. The Morgan fingerprint density at radius 3 is 2.82 bits per heavy atom. The van der Waals surface area contributed by atoms with Gasteiger partial charge in [0.15, 0.2) is 0 Å². The van der Waals surface area contributed by atoms with Crippen LogP contribution in [0, 0.1) is 0 Å². The summed E-state index contributed by atoms with van der Waals surface area (Å²) in [7, 11) is 0. The van der Waals surface area contributed by atoms with Crippen LogP contribution in [0.4, 0.5) is 0 Å². The number of carbonyl (C=O) groups excluding carboxylic acids is 1. The summed E-state index contributed by atoms with van der Waals surface area (Å²) in [6.07, 6.45) is 7.30. The molecule has 4 nitrogen and oxygen atoms in total. The maximum atomic E-state index is 11.7. The van der Waals surface area contributed by atoms with Gasteiger partial charge in [0, 0.05) is 25.0 Å². The lowest BCUT2D eigenvalue weighted by atomic mass is 9.99. The molecule has 0 aromatic carbocycles. The molecule has 4 heteroatoms. The van der Waals surface area contributed by atoms with Crippen LogP contribution < -0.4 is 5.32 Å². The highest BCUT2D eigenvalue weighted by Crippen LogP contribution is 2.25. The van der Waals surface area contributed by atoms with Crippen LogP contribution >= 0.6 is 0 Å². The van der Waals surface area contributed by atoms with E-state index in [0.29, 0.717) is 12.6 Å². The molecule has 2 saturated heterocycles. The van der Waals surface area contributed by atoms with Crippen molar-refractivity contribution in [3.8, 4) is 0 Å². The van der Waals surface area contributed by atoms with E-state index in [2.05, 4.69) is 10.2 Å². The van der Waals surface area contributed by atoms with Crippen molar-refractivity contribution in [2.45, 2.75) is 56.7 Å². The minimum Gasteiger partial charge on any atom is -0.464 e. The highest BCUT2D eigenvalue weighted by Gasteiger charge is 2.37. The summed E-state index contributed by atoms with van der Waals surface area (Å²) in [4.78, 5) is 14.1. The summed E-state index contributed by atoms with van der Waals surface area (Å²) in [5.41, 5.74) is 0. The van der Waals surface area contributed by atoms with Gasteiger partial charge in [-0.3, -0.25) is 9.69 Å². The quantitative estimate of drug-likeness (QED) is 0.739. The summed E-state index contributed by atoms with van der Waals surface area (Å²) in [6.45, 7) is 2.73. The van der Waals surface area contributed by atoms with Crippen molar-refractivity contribution in [2.75, 3.05) is 19.7 Å². The Labute approximate surface area is 103 Å². The van der Waals surface area contributed by atoms with Gasteiger partial charge in [-0.25, -0.2) is 0 Å². The molecular formula is C13H22N2O2. The summed E-state index contributed by atoms with van der Waals surface area (Å²) in [5.74, 6) is 0.00308. The van der Waals surface area contributed by atoms with Gasteiger partial charge in [-0.2, -0.15) is 0 Å². The van der Waals surface area contributed by atoms with Gasteiger partial charge < -0.3 is 10.1 Å². The molecule has 1 saturated carbocycles. The van der Waals surface area contributed by atoms with Gasteiger partial charge >= 0.3 is 5.97 Å². The predicted molar refractivity (Wildman–Crippen MR) is 64.7 cm³/mol.